The number of rotatable bonds is 8. The molecule has 0 spiro atoms. The van der Waals surface area contributed by atoms with Crippen molar-refractivity contribution in [2.45, 2.75) is 19.8 Å². The van der Waals surface area contributed by atoms with Crippen LogP contribution in [0.25, 0.3) is 0 Å². The third-order valence-electron chi connectivity index (χ3n) is 5.41. The van der Waals surface area contributed by atoms with Gasteiger partial charge in [-0.3, -0.25) is 19.1 Å². The summed E-state index contributed by atoms with van der Waals surface area (Å²) in [5, 5.41) is 6.94. The fraction of sp³-hybridized carbons (Fsp3) is 0.455. The van der Waals surface area contributed by atoms with Crippen LogP contribution in [0.1, 0.15) is 40.5 Å². The number of benzene rings is 1. The number of Topliss-reactive ketones (excluding diaryl/α,β-unsaturated/α-hetero) is 1. The Morgan fingerprint density at radius 2 is 1.90 bits per heavy atom. The molecule has 9 heteroatoms. The van der Waals surface area contributed by atoms with Gasteiger partial charge in [-0.15, -0.1) is 0 Å². The molecule has 1 aromatic carbocycles. The molecule has 2 heterocycles. The van der Waals surface area contributed by atoms with Crippen LogP contribution in [0.15, 0.2) is 30.6 Å². The smallest absolute Gasteiger partial charge is 0.260 e. The third kappa shape index (κ3) is 5.84. The van der Waals surface area contributed by atoms with Gasteiger partial charge in [-0.05, 0) is 43.9 Å². The van der Waals surface area contributed by atoms with E-state index in [1.54, 1.807) is 47.2 Å². The monoisotopic (exact) mass is 428 g/mol. The van der Waals surface area contributed by atoms with E-state index in [-0.39, 0.29) is 24.2 Å². The number of nitrogens with zero attached hydrogens (tertiary/aromatic N) is 3. The second-order valence-corrected chi connectivity index (χ2v) is 7.65. The van der Waals surface area contributed by atoms with Crippen molar-refractivity contribution < 1.29 is 23.9 Å². The second kappa shape index (κ2) is 10.1. The molecular weight excluding hydrogens is 400 g/mol. The number of nitrogens with one attached hydrogen (secondary N) is 1. The Morgan fingerprint density at radius 3 is 2.52 bits per heavy atom. The number of methoxy groups -OCH3 is 1. The van der Waals surface area contributed by atoms with Crippen LogP contribution in [0.3, 0.4) is 0 Å². The number of piperidine rings is 1. The van der Waals surface area contributed by atoms with Gasteiger partial charge in [0.2, 0.25) is 0 Å². The van der Waals surface area contributed by atoms with Crippen LogP contribution >= 0.6 is 0 Å². The number of hydrogen-bond acceptors (Lipinski definition) is 6. The minimum absolute atomic E-state index is 0.0691. The van der Waals surface area contributed by atoms with E-state index in [0.29, 0.717) is 48.2 Å². The molecule has 0 bridgehead atoms. The molecule has 0 saturated carbocycles. The number of amides is 2. The summed E-state index contributed by atoms with van der Waals surface area (Å²) in [4.78, 5) is 37.9. The lowest BCUT2D eigenvalue weighted by molar-refractivity contribution is -0.134. The maximum atomic E-state index is 12.5. The summed E-state index contributed by atoms with van der Waals surface area (Å²) < 4.78 is 12.5. The van der Waals surface area contributed by atoms with E-state index in [1.165, 1.54) is 14.0 Å². The molecule has 3 rings (SSSR count). The van der Waals surface area contributed by atoms with E-state index in [1.807, 2.05) is 0 Å². The van der Waals surface area contributed by atoms with Crippen LogP contribution in [-0.4, -0.2) is 65.6 Å². The van der Waals surface area contributed by atoms with Gasteiger partial charge >= 0.3 is 0 Å². The zero-order valence-electron chi connectivity index (χ0n) is 18.1. The average molecular weight is 428 g/mol. The molecule has 1 aliphatic heterocycles. The summed E-state index contributed by atoms with van der Waals surface area (Å²) in [6, 6.07) is 4.89. The van der Waals surface area contributed by atoms with Gasteiger partial charge in [0, 0.05) is 38.4 Å². The Balaban J connectivity index is 1.43. The third-order valence-corrected chi connectivity index (χ3v) is 5.41. The van der Waals surface area contributed by atoms with E-state index < -0.39 is 0 Å². The van der Waals surface area contributed by atoms with Crippen LogP contribution in [0.2, 0.25) is 0 Å². The molecule has 1 aromatic heterocycles. The number of likely N-dealkylation sites (tertiary alicyclic amines) is 1. The second-order valence-electron chi connectivity index (χ2n) is 7.65. The Morgan fingerprint density at radius 1 is 1.16 bits per heavy atom. The molecule has 166 valence electrons. The zero-order chi connectivity index (χ0) is 22.4. The van der Waals surface area contributed by atoms with Crippen molar-refractivity contribution in [2.75, 3.05) is 33.4 Å². The molecular formula is C22H28N4O5. The lowest BCUT2D eigenvalue weighted by Gasteiger charge is -2.32. The van der Waals surface area contributed by atoms with Crippen LogP contribution in [0.4, 0.5) is 0 Å². The molecule has 1 aliphatic rings. The van der Waals surface area contributed by atoms with Gasteiger partial charge < -0.3 is 19.7 Å². The summed E-state index contributed by atoms with van der Waals surface area (Å²) in [6.45, 7) is 3.20. The minimum Gasteiger partial charge on any atom is -0.493 e. The van der Waals surface area contributed by atoms with E-state index in [9.17, 15) is 14.4 Å². The van der Waals surface area contributed by atoms with Crippen molar-refractivity contribution in [3.63, 3.8) is 0 Å². The Hall–Kier alpha value is -3.36. The average Bonchev–Trinajstić information content (AvgIpc) is 3.22. The predicted molar refractivity (Wildman–Crippen MR) is 113 cm³/mol. The van der Waals surface area contributed by atoms with Crippen LogP contribution in [-0.2, 0) is 11.8 Å². The summed E-state index contributed by atoms with van der Waals surface area (Å²) >= 11 is 0. The number of carbonyl (C=O) groups excluding carboxylic acids is 3. The molecule has 0 radical (unpaired) electrons. The van der Waals surface area contributed by atoms with E-state index in [2.05, 4.69) is 10.4 Å². The molecule has 9 nitrogen and oxygen atoms in total. The molecule has 1 fully saturated rings. The van der Waals surface area contributed by atoms with Crippen molar-refractivity contribution in [2.24, 2.45) is 13.0 Å². The van der Waals surface area contributed by atoms with Crippen molar-refractivity contribution in [3.8, 4) is 11.5 Å². The largest absolute Gasteiger partial charge is 0.493 e. The SMILES string of the molecule is COc1cc(C(C)=O)ccc1OCC(=O)N1CCC(CNC(=O)c2cnn(C)c2)CC1. The van der Waals surface area contributed by atoms with Gasteiger partial charge in [0.05, 0.1) is 18.9 Å². The maximum absolute atomic E-state index is 12.5. The van der Waals surface area contributed by atoms with Gasteiger partial charge in [-0.25, -0.2) is 0 Å². The van der Waals surface area contributed by atoms with E-state index >= 15 is 0 Å². The van der Waals surface area contributed by atoms with Gasteiger partial charge in [-0.2, -0.15) is 5.10 Å². The topological polar surface area (TPSA) is 103 Å². The zero-order valence-corrected chi connectivity index (χ0v) is 18.1. The molecule has 1 saturated heterocycles. The van der Waals surface area contributed by atoms with Crippen LogP contribution in [0, 0.1) is 5.92 Å². The number of ketones is 1. The van der Waals surface area contributed by atoms with Gasteiger partial charge in [0.25, 0.3) is 11.8 Å². The summed E-state index contributed by atoms with van der Waals surface area (Å²) in [7, 11) is 3.26. The van der Waals surface area contributed by atoms with Crippen molar-refractivity contribution in [1.29, 1.82) is 0 Å². The van der Waals surface area contributed by atoms with Crippen LogP contribution < -0.4 is 14.8 Å². The molecule has 2 amide bonds. The highest BCUT2D eigenvalue weighted by atomic mass is 16.5. The highest BCUT2D eigenvalue weighted by molar-refractivity contribution is 5.94. The van der Waals surface area contributed by atoms with Crippen molar-refractivity contribution >= 4 is 17.6 Å². The Kier molecular flexibility index (Phi) is 7.28. The molecule has 0 aliphatic carbocycles. The number of aryl methyl sites for hydroxylation is 1. The predicted octanol–water partition coefficient (Wildman–Crippen LogP) is 1.68. The van der Waals surface area contributed by atoms with E-state index in [4.69, 9.17) is 9.47 Å². The van der Waals surface area contributed by atoms with Crippen molar-refractivity contribution in [3.05, 3.63) is 41.7 Å². The fourth-order valence-electron chi connectivity index (χ4n) is 3.50. The molecule has 0 atom stereocenters. The Labute approximate surface area is 181 Å². The van der Waals surface area contributed by atoms with E-state index in [0.717, 1.165) is 12.8 Å². The highest BCUT2D eigenvalue weighted by Crippen LogP contribution is 2.28. The molecule has 31 heavy (non-hydrogen) atoms. The standard InChI is InChI=1S/C22H28N4O5/c1-15(27)17-4-5-19(20(10-17)30-3)31-14-21(28)26-8-6-16(7-9-26)11-23-22(29)18-12-24-25(2)13-18/h4-5,10,12-13,16H,6-9,11,14H2,1-3H3,(H,23,29). The number of aromatic nitrogens is 2. The quantitative estimate of drug-likeness (QED) is 0.642. The minimum atomic E-state index is -0.134. The summed E-state index contributed by atoms with van der Waals surface area (Å²) in [5.74, 6) is 0.864. The fourth-order valence-corrected chi connectivity index (χ4v) is 3.50. The van der Waals surface area contributed by atoms with Gasteiger partial charge in [0.15, 0.2) is 23.9 Å². The maximum Gasteiger partial charge on any atom is 0.260 e. The van der Waals surface area contributed by atoms with Crippen LogP contribution in [0.5, 0.6) is 11.5 Å². The first kappa shape index (κ1) is 22.3. The highest BCUT2D eigenvalue weighted by Gasteiger charge is 2.24. The molecule has 2 aromatic rings. The summed E-state index contributed by atoms with van der Waals surface area (Å²) in [5.41, 5.74) is 1.06. The molecule has 0 unspecified atom stereocenters. The first-order chi connectivity index (χ1) is 14.9. The molecule has 1 N–H and O–H groups in total. The normalized spacial score (nSPS) is 14.2. The lowest BCUT2D eigenvalue weighted by atomic mass is 9.96. The Bertz CT molecular complexity index is 947. The van der Waals surface area contributed by atoms with Gasteiger partial charge in [-0.1, -0.05) is 0 Å². The first-order valence-corrected chi connectivity index (χ1v) is 10.2. The lowest BCUT2D eigenvalue weighted by Crippen LogP contribution is -2.43. The number of ether oxygens (including phenoxy) is 2. The number of carbonyl (C=O) groups is 3. The number of hydrogen-bond donors (Lipinski definition) is 1. The summed E-state index contributed by atoms with van der Waals surface area (Å²) in [6.07, 6.45) is 4.85. The first-order valence-electron chi connectivity index (χ1n) is 10.2. The van der Waals surface area contributed by atoms with Crippen molar-refractivity contribution in [1.82, 2.24) is 20.0 Å². The van der Waals surface area contributed by atoms with Gasteiger partial charge in [0.1, 0.15) is 0 Å².